The second-order valence-electron chi connectivity index (χ2n) is 9.71. The number of imidazole rings is 1. The number of carbonyl (C=O) groups excluding carboxylic acids is 2. The topological polar surface area (TPSA) is 67.2 Å². The van der Waals surface area contributed by atoms with Crippen LogP contribution in [0.25, 0.3) is 11.0 Å². The molecule has 0 saturated heterocycles. The van der Waals surface area contributed by atoms with Crippen molar-refractivity contribution in [2.75, 3.05) is 4.90 Å². The number of aromatic nitrogens is 2. The van der Waals surface area contributed by atoms with Crippen LogP contribution < -0.4 is 10.2 Å². The predicted octanol–water partition coefficient (Wildman–Crippen LogP) is 5.71. The van der Waals surface area contributed by atoms with Crippen LogP contribution in [0.5, 0.6) is 0 Å². The van der Waals surface area contributed by atoms with Gasteiger partial charge in [0, 0.05) is 11.7 Å². The minimum Gasteiger partial charge on any atom is -0.351 e. The van der Waals surface area contributed by atoms with Crippen LogP contribution in [0.15, 0.2) is 79.1 Å². The van der Waals surface area contributed by atoms with Crippen molar-refractivity contribution >= 4 is 28.5 Å². The molecule has 1 aliphatic carbocycles. The summed E-state index contributed by atoms with van der Waals surface area (Å²) in [6.45, 7) is 1.88. The number of para-hydroxylation sites is 2. The van der Waals surface area contributed by atoms with E-state index in [1.54, 1.807) is 23.0 Å². The van der Waals surface area contributed by atoms with Gasteiger partial charge in [-0.2, -0.15) is 0 Å². The van der Waals surface area contributed by atoms with Crippen molar-refractivity contribution in [3.05, 3.63) is 96.1 Å². The zero-order valence-corrected chi connectivity index (χ0v) is 20.9. The third-order valence-electron chi connectivity index (χ3n) is 7.13. The minimum atomic E-state index is -0.952. The summed E-state index contributed by atoms with van der Waals surface area (Å²) in [4.78, 5) is 33.9. The predicted molar refractivity (Wildman–Crippen MR) is 143 cm³/mol. The highest BCUT2D eigenvalue weighted by Crippen LogP contribution is 2.32. The molecule has 37 heavy (non-hydrogen) atoms. The molecule has 6 nitrogen and oxygen atoms in total. The van der Waals surface area contributed by atoms with Gasteiger partial charge in [-0.3, -0.25) is 14.5 Å². The average Bonchev–Trinajstić information content (AvgIpc) is 3.31. The van der Waals surface area contributed by atoms with Crippen LogP contribution in [-0.4, -0.2) is 27.4 Å². The molecule has 0 radical (unpaired) electrons. The van der Waals surface area contributed by atoms with Crippen molar-refractivity contribution in [3.8, 4) is 0 Å². The van der Waals surface area contributed by atoms with E-state index in [9.17, 15) is 14.0 Å². The lowest BCUT2D eigenvalue weighted by atomic mass is 9.93. The SMILES string of the molecule is Cc1ccccc1C(C(=O)NC1CCCCC1)N(C(=O)Cn1cnc2ccccc21)c1cccc(F)c1. The van der Waals surface area contributed by atoms with Gasteiger partial charge in [-0.1, -0.05) is 61.7 Å². The highest BCUT2D eigenvalue weighted by molar-refractivity contribution is 6.01. The maximum absolute atomic E-state index is 14.4. The number of benzene rings is 3. The standard InChI is InChI=1S/C30H31FN4O2/c1-21-10-5-6-15-25(21)29(30(37)33-23-12-3-2-4-13-23)35(24-14-9-11-22(31)18-24)28(36)19-34-20-32-26-16-7-8-17-27(26)34/h5-11,14-18,20,23,29H,2-4,12-13,19H2,1H3,(H,33,37). The van der Waals surface area contributed by atoms with Crippen molar-refractivity contribution in [2.45, 2.75) is 57.7 Å². The van der Waals surface area contributed by atoms with E-state index < -0.39 is 11.9 Å². The van der Waals surface area contributed by atoms with Gasteiger partial charge in [0.05, 0.1) is 17.4 Å². The molecular weight excluding hydrogens is 467 g/mol. The summed E-state index contributed by atoms with van der Waals surface area (Å²) in [5, 5.41) is 3.21. The first kappa shape index (κ1) is 24.7. The smallest absolute Gasteiger partial charge is 0.248 e. The van der Waals surface area contributed by atoms with Crippen LogP contribution in [0.3, 0.4) is 0 Å². The first-order valence-corrected chi connectivity index (χ1v) is 12.8. The summed E-state index contributed by atoms with van der Waals surface area (Å²) in [5.74, 6) is -1.06. The van der Waals surface area contributed by atoms with Gasteiger partial charge in [0.25, 0.3) is 0 Å². The number of rotatable bonds is 7. The number of aryl methyl sites for hydroxylation is 1. The van der Waals surface area contributed by atoms with Crippen LogP contribution in [0, 0.1) is 12.7 Å². The molecule has 1 aliphatic rings. The molecule has 1 unspecified atom stereocenters. The molecule has 4 aromatic rings. The maximum atomic E-state index is 14.4. The van der Waals surface area contributed by atoms with Gasteiger partial charge in [-0.25, -0.2) is 9.37 Å². The van der Waals surface area contributed by atoms with Crippen LogP contribution >= 0.6 is 0 Å². The van der Waals surface area contributed by atoms with E-state index in [0.717, 1.165) is 42.3 Å². The van der Waals surface area contributed by atoms with E-state index in [1.807, 2.05) is 55.5 Å². The number of halogens is 1. The number of nitrogens with one attached hydrogen (secondary N) is 1. The summed E-state index contributed by atoms with van der Waals surface area (Å²) in [7, 11) is 0. The fourth-order valence-electron chi connectivity index (χ4n) is 5.24. The first-order valence-electron chi connectivity index (χ1n) is 12.8. The zero-order chi connectivity index (χ0) is 25.8. The number of nitrogens with zero attached hydrogens (tertiary/aromatic N) is 3. The lowest BCUT2D eigenvalue weighted by molar-refractivity contribution is -0.127. The Morgan fingerprint density at radius 2 is 1.78 bits per heavy atom. The summed E-state index contributed by atoms with van der Waals surface area (Å²) in [6, 6.07) is 20.1. The Balaban J connectivity index is 1.57. The molecule has 0 aliphatic heterocycles. The van der Waals surface area contributed by atoms with Crippen LogP contribution in [0.2, 0.25) is 0 Å². The normalized spacial score (nSPS) is 14.9. The lowest BCUT2D eigenvalue weighted by Gasteiger charge is -2.34. The van der Waals surface area contributed by atoms with Crippen LogP contribution in [0.4, 0.5) is 10.1 Å². The number of hydrogen-bond acceptors (Lipinski definition) is 3. The molecule has 0 bridgehead atoms. The summed E-state index contributed by atoms with van der Waals surface area (Å²) in [5.41, 5.74) is 3.52. The molecule has 1 heterocycles. The maximum Gasteiger partial charge on any atom is 0.248 e. The zero-order valence-electron chi connectivity index (χ0n) is 20.9. The Kier molecular flexibility index (Phi) is 7.30. The molecule has 5 rings (SSSR count). The highest BCUT2D eigenvalue weighted by Gasteiger charge is 2.35. The van der Waals surface area contributed by atoms with Gasteiger partial charge in [0.2, 0.25) is 11.8 Å². The number of anilines is 1. The van der Waals surface area contributed by atoms with Crippen LogP contribution in [-0.2, 0) is 16.1 Å². The molecule has 1 N–H and O–H groups in total. The van der Waals surface area contributed by atoms with E-state index in [4.69, 9.17) is 0 Å². The number of fused-ring (bicyclic) bond motifs is 1. The van der Waals surface area contributed by atoms with E-state index in [-0.39, 0.29) is 24.4 Å². The van der Waals surface area contributed by atoms with E-state index in [1.165, 1.54) is 23.5 Å². The molecule has 0 spiro atoms. The van der Waals surface area contributed by atoms with E-state index >= 15 is 0 Å². The molecule has 190 valence electrons. The third-order valence-corrected chi connectivity index (χ3v) is 7.13. The second-order valence-corrected chi connectivity index (χ2v) is 9.71. The Morgan fingerprint density at radius 3 is 2.57 bits per heavy atom. The fraction of sp³-hybridized carbons (Fsp3) is 0.300. The van der Waals surface area contributed by atoms with Gasteiger partial charge < -0.3 is 9.88 Å². The third kappa shape index (κ3) is 5.40. The molecule has 1 aromatic heterocycles. The van der Waals surface area contributed by atoms with Gasteiger partial charge in [0.1, 0.15) is 18.4 Å². The molecule has 1 fully saturated rings. The van der Waals surface area contributed by atoms with Gasteiger partial charge in [-0.05, 0) is 61.2 Å². The Hall–Kier alpha value is -4.00. The van der Waals surface area contributed by atoms with Crippen molar-refractivity contribution in [2.24, 2.45) is 0 Å². The molecule has 3 aromatic carbocycles. The summed E-state index contributed by atoms with van der Waals surface area (Å²) in [6.07, 6.45) is 6.76. The quantitative estimate of drug-likeness (QED) is 0.355. The average molecular weight is 499 g/mol. The van der Waals surface area contributed by atoms with E-state index in [2.05, 4.69) is 10.3 Å². The molecule has 1 atom stereocenters. The van der Waals surface area contributed by atoms with Crippen molar-refractivity contribution in [1.82, 2.24) is 14.9 Å². The first-order chi connectivity index (χ1) is 18.0. The number of hydrogen-bond donors (Lipinski definition) is 1. The Bertz CT molecular complexity index is 1410. The van der Waals surface area contributed by atoms with Crippen LogP contribution in [0.1, 0.15) is 49.3 Å². The molecule has 7 heteroatoms. The lowest BCUT2D eigenvalue weighted by Crippen LogP contribution is -2.48. The summed E-state index contributed by atoms with van der Waals surface area (Å²) < 4.78 is 16.2. The molecule has 2 amide bonds. The van der Waals surface area contributed by atoms with Gasteiger partial charge in [-0.15, -0.1) is 0 Å². The van der Waals surface area contributed by atoms with Gasteiger partial charge >= 0.3 is 0 Å². The van der Waals surface area contributed by atoms with Crippen molar-refractivity contribution in [3.63, 3.8) is 0 Å². The molecular formula is C30H31FN4O2. The minimum absolute atomic E-state index is 0.0455. The highest BCUT2D eigenvalue weighted by atomic mass is 19.1. The van der Waals surface area contributed by atoms with Crippen molar-refractivity contribution < 1.29 is 14.0 Å². The monoisotopic (exact) mass is 498 g/mol. The second kappa shape index (κ2) is 10.9. The largest absolute Gasteiger partial charge is 0.351 e. The van der Waals surface area contributed by atoms with Crippen molar-refractivity contribution in [1.29, 1.82) is 0 Å². The van der Waals surface area contributed by atoms with Gasteiger partial charge in [0.15, 0.2) is 0 Å². The number of amides is 2. The molecule has 1 saturated carbocycles. The van der Waals surface area contributed by atoms with E-state index in [0.29, 0.717) is 11.3 Å². The Labute approximate surface area is 216 Å². The summed E-state index contributed by atoms with van der Waals surface area (Å²) >= 11 is 0. The Morgan fingerprint density at radius 1 is 1.03 bits per heavy atom. The fourth-order valence-corrected chi connectivity index (χ4v) is 5.24. The number of carbonyl (C=O) groups is 2.